The number of azide groups is 1. The first-order chi connectivity index (χ1) is 8.69. The predicted molar refractivity (Wildman–Crippen MR) is 64.0 cm³/mol. The zero-order chi connectivity index (χ0) is 13.4. The third-order valence-electron chi connectivity index (χ3n) is 1.99. The van der Waals surface area contributed by atoms with Crippen molar-refractivity contribution in [3.63, 3.8) is 0 Å². The molecule has 90 valence electrons. The van der Waals surface area contributed by atoms with Gasteiger partial charge >= 0.3 is 0 Å². The molecule has 18 heavy (non-hydrogen) atoms. The van der Waals surface area contributed by atoms with Crippen LogP contribution in [0.1, 0.15) is 22.3 Å². The zero-order valence-corrected chi connectivity index (χ0v) is 9.24. The van der Waals surface area contributed by atoms with Crippen LogP contribution >= 0.6 is 0 Å². The smallest absolute Gasteiger partial charge is 0.281 e. The number of nitrogens with zero attached hydrogens (tertiary/aromatic N) is 4. The van der Waals surface area contributed by atoms with Gasteiger partial charge in [-0.05, 0) is 17.7 Å². The lowest BCUT2D eigenvalue weighted by atomic mass is 10.1. The van der Waals surface area contributed by atoms with E-state index < -0.39 is 4.92 Å². The fraction of sp³-hybridized carbons (Fsp3) is 0.182. The van der Waals surface area contributed by atoms with Crippen molar-refractivity contribution in [3.05, 3.63) is 49.9 Å². The number of rotatable bonds is 4. The Balaban J connectivity index is 2.91. The second kappa shape index (κ2) is 6.68. The highest BCUT2D eigenvalue weighted by Crippen LogP contribution is 2.18. The maximum absolute atomic E-state index is 10.7. The van der Waals surface area contributed by atoms with Crippen molar-refractivity contribution in [2.75, 3.05) is 6.54 Å². The van der Waals surface area contributed by atoms with Crippen molar-refractivity contribution < 1.29 is 9.72 Å². The largest absolute Gasteiger partial charge is 0.298 e. The molecule has 0 atom stereocenters. The molecule has 1 rings (SSSR count). The van der Waals surface area contributed by atoms with Crippen LogP contribution in [-0.2, 0) is 0 Å². The number of nitro benzene ring substituents is 1. The number of carbonyl (C=O) groups is 1. The second-order valence-corrected chi connectivity index (χ2v) is 3.15. The summed E-state index contributed by atoms with van der Waals surface area (Å²) in [5.74, 6) is 5.41. The highest BCUT2D eigenvalue weighted by Gasteiger charge is 2.12. The van der Waals surface area contributed by atoms with E-state index in [2.05, 4.69) is 21.9 Å². The van der Waals surface area contributed by atoms with Crippen LogP contribution in [0, 0.1) is 22.0 Å². The highest BCUT2D eigenvalue weighted by molar-refractivity contribution is 5.81. The first kappa shape index (κ1) is 13.2. The van der Waals surface area contributed by atoms with Crippen molar-refractivity contribution in [1.82, 2.24) is 0 Å². The molecule has 1 aromatic carbocycles. The summed E-state index contributed by atoms with van der Waals surface area (Å²) in [7, 11) is 0. The van der Waals surface area contributed by atoms with Crippen molar-refractivity contribution in [3.8, 4) is 11.8 Å². The van der Waals surface area contributed by atoms with Crippen molar-refractivity contribution in [1.29, 1.82) is 0 Å². The molecule has 0 aliphatic rings. The molecule has 0 fully saturated rings. The van der Waals surface area contributed by atoms with E-state index in [0.29, 0.717) is 18.3 Å². The van der Waals surface area contributed by atoms with E-state index in [0.717, 1.165) is 0 Å². The summed E-state index contributed by atoms with van der Waals surface area (Å²) < 4.78 is 0. The molecule has 0 saturated carbocycles. The molecule has 0 bridgehead atoms. The fourth-order valence-corrected chi connectivity index (χ4v) is 1.19. The van der Waals surface area contributed by atoms with Gasteiger partial charge in [0.15, 0.2) is 6.29 Å². The molecule has 0 amide bonds. The van der Waals surface area contributed by atoms with Crippen LogP contribution in [0.2, 0.25) is 0 Å². The monoisotopic (exact) mass is 244 g/mol. The summed E-state index contributed by atoms with van der Waals surface area (Å²) in [6.07, 6.45) is 0.796. The van der Waals surface area contributed by atoms with Crippen molar-refractivity contribution in [2.45, 2.75) is 6.42 Å². The van der Waals surface area contributed by atoms with E-state index in [1.807, 2.05) is 0 Å². The Morgan fingerprint density at radius 3 is 2.94 bits per heavy atom. The standard InChI is InChI=1S/C11H8N4O3/c12-14-13-6-2-1-3-9-4-5-10(8-16)11(7-9)15(17)18/h4-5,7-8H,2,6H2. The van der Waals surface area contributed by atoms with Crippen LogP contribution in [0.15, 0.2) is 23.3 Å². The molecule has 0 saturated heterocycles. The maximum atomic E-state index is 10.7. The Morgan fingerprint density at radius 2 is 2.33 bits per heavy atom. The minimum atomic E-state index is -0.630. The summed E-state index contributed by atoms with van der Waals surface area (Å²) in [4.78, 5) is 23.2. The van der Waals surface area contributed by atoms with Gasteiger partial charge in [0.2, 0.25) is 0 Å². The Hall–Kier alpha value is -2.84. The maximum Gasteiger partial charge on any atom is 0.281 e. The van der Waals surface area contributed by atoms with Gasteiger partial charge in [0, 0.05) is 29.5 Å². The summed E-state index contributed by atoms with van der Waals surface area (Å²) in [5, 5.41) is 14.0. The minimum Gasteiger partial charge on any atom is -0.298 e. The van der Waals surface area contributed by atoms with Crippen LogP contribution in [0.5, 0.6) is 0 Å². The Labute approximate surface area is 102 Å². The summed E-state index contributed by atoms with van der Waals surface area (Å²) in [5.41, 5.74) is 8.22. The molecule has 0 heterocycles. The van der Waals surface area contributed by atoms with Gasteiger partial charge in [-0.1, -0.05) is 17.0 Å². The number of hydrogen-bond donors (Lipinski definition) is 0. The first-order valence-electron chi connectivity index (χ1n) is 4.92. The lowest BCUT2D eigenvalue weighted by Crippen LogP contribution is -1.94. The van der Waals surface area contributed by atoms with Gasteiger partial charge < -0.3 is 0 Å². The quantitative estimate of drug-likeness (QED) is 0.118. The first-order valence-corrected chi connectivity index (χ1v) is 4.92. The van der Waals surface area contributed by atoms with Crippen LogP contribution in [-0.4, -0.2) is 17.8 Å². The molecule has 0 aromatic heterocycles. The van der Waals surface area contributed by atoms with E-state index in [1.165, 1.54) is 18.2 Å². The molecule has 0 N–H and O–H groups in total. The Kier molecular flexibility index (Phi) is 4.91. The molecule has 0 spiro atoms. The van der Waals surface area contributed by atoms with E-state index in [-0.39, 0.29) is 17.8 Å². The molecule has 0 radical (unpaired) electrons. The lowest BCUT2D eigenvalue weighted by molar-refractivity contribution is -0.385. The van der Waals surface area contributed by atoms with Gasteiger partial charge in [0.1, 0.15) is 0 Å². The van der Waals surface area contributed by atoms with Gasteiger partial charge in [-0.25, -0.2) is 0 Å². The number of nitro groups is 1. The molecular formula is C11H8N4O3. The number of benzene rings is 1. The molecule has 0 aliphatic carbocycles. The average Bonchev–Trinajstić information content (AvgIpc) is 2.38. The minimum absolute atomic E-state index is 0.0135. The predicted octanol–water partition coefficient (Wildman–Crippen LogP) is 2.46. The van der Waals surface area contributed by atoms with E-state index in [9.17, 15) is 14.9 Å². The summed E-state index contributed by atoms with van der Waals surface area (Å²) >= 11 is 0. The molecule has 0 unspecified atom stereocenters. The van der Waals surface area contributed by atoms with Crippen LogP contribution in [0.25, 0.3) is 10.4 Å². The van der Waals surface area contributed by atoms with Crippen molar-refractivity contribution in [2.24, 2.45) is 5.11 Å². The van der Waals surface area contributed by atoms with E-state index >= 15 is 0 Å². The molecular weight excluding hydrogens is 236 g/mol. The van der Waals surface area contributed by atoms with Gasteiger partial charge in [-0.3, -0.25) is 14.9 Å². The molecule has 0 aliphatic heterocycles. The van der Waals surface area contributed by atoms with Crippen LogP contribution < -0.4 is 0 Å². The number of carbonyl (C=O) groups excluding carboxylic acids is 1. The van der Waals surface area contributed by atoms with E-state index in [4.69, 9.17) is 5.53 Å². The summed E-state index contributed by atoms with van der Waals surface area (Å²) in [6.45, 7) is 0.248. The zero-order valence-electron chi connectivity index (χ0n) is 9.24. The van der Waals surface area contributed by atoms with Crippen LogP contribution in [0.3, 0.4) is 0 Å². The van der Waals surface area contributed by atoms with Gasteiger partial charge in [-0.2, -0.15) is 0 Å². The normalized spacial score (nSPS) is 8.67. The Morgan fingerprint density at radius 1 is 1.56 bits per heavy atom. The number of aldehydes is 1. The SMILES string of the molecule is [N-]=[N+]=NCCC#Cc1ccc(C=O)c([N+](=O)[O-])c1. The molecule has 7 nitrogen and oxygen atoms in total. The third-order valence-corrected chi connectivity index (χ3v) is 1.99. The molecule has 1 aromatic rings. The lowest BCUT2D eigenvalue weighted by Gasteiger charge is -1.96. The van der Waals surface area contributed by atoms with Crippen molar-refractivity contribution >= 4 is 12.0 Å². The topological polar surface area (TPSA) is 109 Å². The highest BCUT2D eigenvalue weighted by atomic mass is 16.6. The average molecular weight is 244 g/mol. The van der Waals surface area contributed by atoms with Gasteiger partial charge in [0.05, 0.1) is 10.5 Å². The van der Waals surface area contributed by atoms with Gasteiger partial charge in [-0.15, -0.1) is 0 Å². The Bertz CT molecular complexity index is 580. The second-order valence-electron chi connectivity index (χ2n) is 3.15. The van der Waals surface area contributed by atoms with E-state index in [1.54, 1.807) is 0 Å². The molecule has 7 heteroatoms. The fourth-order valence-electron chi connectivity index (χ4n) is 1.19. The van der Waals surface area contributed by atoms with Crippen LogP contribution in [0.4, 0.5) is 5.69 Å². The third kappa shape index (κ3) is 3.63. The number of hydrogen-bond acceptors (Lipinski definition) is 4. The summed E-state index contributed by atoms with van der Waals surface area (Å²) in [6, 6.07) is 4.12. The van der Waals surface area contributed by atoms with Gasteiger partial charge in [0.25, 0.3) is 5.69 Å².